The SMILES string of the molecule is CC(C)=O.O=S(=O)(C(F)(F)F)C(F)(F)F. The van der Waals surface area contributed by atoms with Gasteiger partial charge in [-0.15, -0.1) is 0 Å². The van der Waals surface area contributed by atoms with E-state index in [1.54, 1.807) is 0 Å². The van der Waals surface area contributed by atoms with Gasteiger partial charge in [-0.2, -0.15) is 26.3 Å². The van der Waals surface area contributed by atoms with Gasteiger partial charge in [-0.25, -0.2) is 8.42 Å². The molecule has 15 heavy (non-hydrogen) atoms. The summed E-state index contributed by atoms with van der Waals surface area (Å²) >= 11 is 0. The smallest absolute Gasteiger partial charge is 0.300 e. The molecular weight excluding hydrogens is 254 g/mol. The zero-order valence-corrected chi connectivity index (χ0v) is 8.22. The highest BCUT2D eigenvalue weighted by Gasteiger charge is 2.63. The summed E-state index contributed by atoms with van der Waals surface area (Å²) in [5.74, 6) is 0.167. The molecular formula is C5H6F6O3S. The molecule has 0 fully saturated rings. The summed E-state index contributed by atoms with van der Waals surface area (Å²) in [5.41, 5.74) is -12.5. The molecule has 0 heterocycles. The molecule has 0 saturated heterocycles. The van der Waals surface area contributed by atoms with Crippen molar-refractivity contribution in [2.75, 3.05) is 0 Å². The number of alkyl halides is 6. The van der Waals surface area contributed by atoms with Crippen LogP contribution >= 0.6 is 0 Å². The fraction of sp³-hybridized carbons (Fsp3) is 0.800. The number of rotatable bonds is 0. The van der Waals surface area contributed by atoms with Crippen LogP contribution in [0.15, 0.2) is 0 Å². The summed E-state index contributed by atoms with van der Waals surface area (Å²) in [6, 6.07) is 0. The molecule has 0 unspecified atom stereocenters. The Balaban J connectivity index is 0. The Bertz CT molecular complexity index is 287. The van der Waals surface area contributed by atoms with Crippen molar-refractivity contribution in [3.05, 3.63) is 0 Å². The first-order valence-electron chi connectivity index (χ1n) is 3.08. The Morgan fingerprint density at radius 2 is 1.00 bits per heavy atom. The molecule has 0 rings (SSSR count). The van der Waals surface area contributed by atoms with Gasteiger partial charge < -0.3 is 4.79 Å². The number of Topliss-reactive ketones (excluding diaryl/α,β-unsaturated/α-hetero) is 1. The maximum Gasteiger partial charge on any atom is 0.506 e. The molecule has 0 amide bonds. The molecule has 0 bridgehead atoms. The maximum absolute atomic E-state index is 11.0. The van der Waals surface area contributed by atoms with Gasteiger partial charge in [0.1, 0.15) is 5.78 Å². The van der Waals surface area contributed by atoms with Gasteiger partial charge in [-0.05, 0) is 13.8 Å². The third-order valence-electron chi connectivity index (χ3n) is 0.609. The second-order valence-electron chi connectivity index (χ2n) is 2.30. The van der Waals surface area contributed by atoms with Gasteiger partial charge in [0.05, 0.1) is 0 Å². The Kier molecular flexibility index (Phi) is 5.34. The zero-order chi connectivity index (χ0) is 13.1. The minimum absolute atomic E-state index is 0.167. The second-order valence-corrected chi connectivity index (χ2v) is 4.24. The number of hydrogen-bond acceptors (Lipinski definition) is 3. The molecule has 0 aromatic carbocycles. The van der Waals surface area contributed by atoms with Crippen molar-refractivity contribution in [2.45, 2.75) is 24.9 Å². The summed E-state index contributed by atoms with van der Waals surface area (Å²) in [6.45, 7) is 3.06. The van der Waals surface area contributed by atoms with Crippen LogP contribution in [-0.2, 0) is 14.6 Å². The summed E-state index contributed by atoms with van der Waals surface area (Å²) in [7, 11) is -7.01. The van der Waals surface area contributed by atoms with Crippen LogP contribution in [0, 0.1) is 0 Å². The number of hydrogen-bond donors (Lipinski definition) is 0. The first kappa shape index (κ1) is 16.6. The van der Waals surface area contributed by atoms with E-state index >= 15 is 0 Å². The van der Waals surface area contributed by atoms with E-state index in [2.05, 4.69) is 0 Å². The third kappa shape index (κ3) is 5.60. The van der Waals surface area contributed by atoms with Crippen LogP contribution in [0.2, 0.25) is 0 Å². The average Bonchev–Trinajstić information content (AvgIpc) is 1.79. The molecule has 0 aliphatic rings. The van der Waals surface area contributed by atoms with E-state index in [1.807, 2.05) is 0 Å². The van der Waals surface area contributed by atoms with Crippen molar-refractivity contribution in [3.63, 3.8) is 0 Å². The highest BCUT2D eigenvalue weighted by molar-refractivity contribution is 7.93. The van der Waals surface area contributed by atoms with E-state index < -0.39 is 20.9 Å². The number of carbonyl (C=O) groups is 1. The van der Waals surface area contributed by atoms with E-state index in [-0.39, 0.29) is 5.78 Å². The van der Waals surface area contributed by atoms with Crippen LogP contribution in [-0.4, -0.2) is 25.2 Å². The van der Waals surface area contributed by atoms with E-state index in [9.17, 15) is 39.6 Å². The van der Waals surface area contributed by atoms with Crippen LogP contribution in [0.1, 0.15) is 13.8 Å². The van der Waals surface area contributed by atoms with E-state index in [0.29, 0.717) is 0 Å². The zero-order valence-electron chi connectivity index (χ0n) is 7.40. The van der Waals surface area contributed by atoms with Gasteiger partial charge in [0.2, 0.25) is 0 Å². The first-order chi connectivity index (χ1) is 6.23. The Labute approximate surface area is 81.0 Å². The highest BCUT2D eigenvalue weighted by Crippen LogP contribution is 2.36. The van der Waals surface area contributed by atoms with E-state index in [1.165, 1.54) is 13.8 Å². The van der Waals surface area contributed by atoms with E-state index in [4.69, 9.17) is 0 Å². The molecule has 10 heteroatoms. The normalized spacial score (nSPS) is 12.8. The summed E-state index contributed by atoms with van der Waals surface area (Å²) < 4.78 is 85.0. The third-order valence-corrected chi connectivity index (χ3v) is 1.83. The maximum atomic E-state index is 11.0. The van der Waals surface area contributed by atoms with Gasteiger partial charge in [-0.1, -0.05) is 0 Å². The summed E-state index contributed by atoms with van der Waals surface area (Å²) in [4.78, 5) is 9.44. The van der Waals surface area contributed by atoms with Crippen LogP contribution in [0.25, 0.3) is 0 Å². The van der Waals surface area contributed by atoms with Gasteiger partial charge in [0.15, 0.2) is 0 Å². The van der Waals surface area contributed by atoms with Crippen LogP contribution in [0.3, 0.4) is 0 Å². The Hall–Kier alpha value is -0.800. The predicted molar refractivity (Wildman–Crippen MR) is 37.4 cm³/mol. The molecule has 0 spiro atoms. The molecule has 0 atom stereocenters. The predicted octanol–water partition coefficient (Wildman–Crippen LogP) is 2.04. The first-order valence-corrected chi connectivity index (χ1v) is 4.56. The van der Waals surface area contributed by atoms with Crippen molar-refractivity contribution >= 4 is 15.6 Å². The largest absolute Gasteiger partial charge is 0.506 e. The fourth-order valence-corrected chi connectivity index (χ4v) is 0.394. The van der Waals surface area contributed by atoms with Crippen molar-refractivity contribution < 1.29 is 39.6 Å². The van der Waals surface area contributed by atoms with Crippen molar-refractivity contribution in [2.24, 2.45) is 0 Å². The quantitative estimate of drug-likeness (QED) is 0.626. The fourth-order valence-electron chi connectivity index (χ4n) is 0.131. The lowest BCUT2D eigenvalue weighted by Crippen LogP contribution is -2.36. The molecule has 0 aliphatic carbocycles. The molecule has 3 nitrogen and oxygen atoms in total. The van der Waals surface area contributed by atoms with Gasteiger partial charge in [0.25, 0.3) is 0 Å². The number of ketones is 1. The molecule has 0 saturated carbocycles. The van der Waals surface area contributed by atoms with Crippen molar-refractivity contribution in [1.82, 2.24) is 0 Å². The molecule has 92 valence electrons. The summed E-state index contributed by atoms with van der Waals surface area (Å²) in [6.07, 6.45) is 0. The minimum atomic E-state index is -7.01. The Morgan fingerprint density at radius 3 is 1.00 bits per heavy atom. The lowest BCUT2D eigenvalue weighted by Gasteiger charge is -2.09. The highest BCUT2D eigenvalue weighted by atomic mass is 32.2. The molecule has 0 aromatic heterocycles. The van der Waals surface area contributed by atoms with Crippen LogP contribution in [0.5, 0.6) is 0 Å². The van der Waals surface area contributed by atoms with Crippen molar-refractivity contribution in [1.29, 1.82) is 0 Å². The van der Waals surface area contributed by atoms with Gasteiger partial charge in [0, 0.05) is 0 Å². The van der Waals surface area contributed by atoms with Gasteiger partial charge in [-0.3, -0.25) is 0 Å². The van der Waals surface area contributed by atoms with E-state index in [0.717, 1.165) is 0 Å². The molecule has 0 N–H and O–H groups in total. The van der Waals surface area contributed by atoms with Crippen LogP contribution < -0.4 is 0 Å². The lowest BCUT2D eigenvalue weighted by molar-refractivity contribution is -0.115. The Morgan fingerprint density at radius 1 is 0.867 bits per heavy atom. The minimum Gasteiger partial charge on any atom is -0.300 e. The monoisotopic (exact) mass is 260 g/mol. The van der Waals surface area contributed by atoms with Gasteiger partial charge >= 0.3 is 20.9 Å². The molecule has 0 aliphatic heterocycles. The number of halogens is 6. The molecule has 0 aromatic rings. The topological polar surface area (TPSA) is 51.2 Å². The van der Waals surface area contributed by atoms with Crippen LogP contribution in [0.4, 0.5) is 26.3 Å². The average molecular weight is 260 g/mol. The number of carbonyl (C=O) groups excluding carboxylic acids is 1. The second kappa shape index (κ2) is 4.81. The van der Waals surface area contributed by atoms with Crippen molar-refractivity contribution in [3.8, 4) is 0 Å². The lowest BCUT2D eigenvalue weighted by atomic mass is 10.6. The standard InChI is InChI=1S/C3H6O.C2F6O2S/c1-3(2)4;3-1(4,5)11(9,10)2(6,7)8/h1-2H3;. The number of sulfone groups is 1. The molecule has 0 radical (unpaired) electrons. The summed E-state index contributed by atoms with van der Waals surface area (Å²) in [5, 5.41) is 0.